The highest BCUT2D eigenvalue weighted by Crippen LogP contribution is 2.26. The van der Waals surface area contributed by atoms with E-state index in [1.165, 1.54) is 19.2 Å². The van der Waals surface area contributed by atoms with E-state index in [0.717, 1.165) is 25.7 Å². The second-order valence-electron chi connectivity index (χ2n) is 4.99. The molecule has 1 aliphatic carbocycles. The first-order valence-electron chi connectivity index (χ1n) is 6.68. The van der Waals surface area contributed by atoms with Gasteiger partial charge in [-0.25, -0.2) is 18.4 Å². The number of methoxy groups -OCH3 is 1. The van der Waals surface area contributed by atoms with Gasteiger partial charge < -0.3 is 15.4 Å². The van der Waals surface area contributed by atoms with Crippen molar-refractivity contribution in [3.63, 3.8) is 0 Å². The number of hydrogen-bond donors (Lipinski definition) is 3. The third kappa shape index (κ3) is 4.08. The summed E-state index contributed by atoms with van der Waals surface area (Å²) in [4.78, 5) is 11.7. The van der Waals surface area contributed by atoms with Crippen molar-refractivity contribution >= 4 is 21.7 Å². The molecular weight excluding hydrogens is 294 g/mol. The number of anilines is 1. The highest BCUT2D eigenvalue weighted by Gasteiger charge is 2.19. The third-order valence-electron chi connectivity index (χ3n) is 3.42. The summed E-state index contributed by atoms with van der Waals surface area (Å²) in [6.45, 7) is 0. The lowest BCUT2D eigenvalue weighted by Gasteiger charge is -2.14. The van der Waals surface area contributed by atoms with Crippen molar-refractivity contribution < 1.29 is 17.9 Å². The zero-order chi connectivity index (χ0) is 15.5. The van der Waals surface area contributed by atoms with Crippen LogP contribution in [0, 0.1) is 0 Å². The summed E-state index contributed by atoms with van der Waals surface area (Å²) in [5, 5.41) is 10.6. The molecular formula is C13H19N3O4S. The van der Waals surface area contributed by atoms with Gasteiger partial charge in [0, 0.05) is 11.7 Å². The van der Waals surface area contributed by atoms with E-state index in [2.05, 4.69) is 10.6 Å². The summed E-state index contributed by atoms with van der Waals surface area (Å²) in [6.07, 6.45) is 4.17. The number of carbonyl (C=O) groups excluding carboxylic acids is 1. The first kappa shape index (κ1) is 15.6. The number of urea groups is 1. The van der Waals surface area contributed by atoms with Crippen LogP contribution in [0.2, 0.25) is 0 Å². The standard InChI is InChI=1S/C13H19N3O4S/c1-20-11-7-6-10(8-12(11)21(14,18)19)16-13(17)15-9-4-2-3-5-9/h6-9H,2-5H2,1H3,(H2,14,18,19)(H2,15,16,17). The molecule has 0 saturated heterocycles. The minimum atomic E-state index is -3.92. The number of sulfonamides is 1. The Morgan fingerprint density at radius 2 is 2.00 bits per heavy atom. The maximum atomic E-state index is 11.8. The molecule has 0 aliphatic heterocycles. The van der Waals surface area contributed by atoms with Crippen LogP contribution in [0.15, 0.2) is 23.1 Å². The molecule has 0 spiro atoms. The van der Waals surface area contributed by atoms with E-state index in [9.17, 15) is 13.2 Å². The van der Waals surface area contributed by atoms with Crippen LogP contribution in [0.3, 0.4) is 0 Å². The largest absolute Gasteiger partial charge is 0.495 e. The molecule has 0 unspecified atom stereocenters. The fourth-order valence-electron chi connectivity index (χ4n) is 2.40. The molecule has 0 aromatic heterocycles. The van der Waals surface area contributed by atoms with E-state index in [1.54, 1.807) is 6.07 Å². The topological polar surface area (TPSA) is 111 Å². The van der Waals surface area contributed by atoms with Crippen molar-refractivity contribution in [2.45, 2.75) is 36.6 Å². The lowest BCUT2D eigenvalue weighted by molar-refractivity contribution is 0.248. The molecule has 21 heavy (non-hydrogen) atoms. The Labute approximate surface area is 123 Å². The molecule has 2 amide bonds. The predicted octanol–water partition coefficient (Wildman–Crippen LogP) is 1.41. The lowest BCUT2D eigenvalue weighted by atomic mass is 10.2. The van der Waals surface area contributed by atoms with Crippen molar-refractivity contribution in [3.05, 3.63) is 18.2 Å². The number of hydrogen-bond acceptors (Lipinski definition) is 4. The predicted molar refractivity (Wildman–Crippen MR) is 78.8 cm³/mol. The fraction of sp³-hybridized carbons (Fsp3) is 0.462. The normalized spacial score (nSPS) is 15.7. The quantitative estimate of drug-likeness (QED) is 0.780. The van der Waals surface area contributed by atoms with Crippen LogP contribution in [0.4, 0.5) is 10.5 Å². The van der Waals surface area contributed by atoms with E-state index < -0.39 is 10.0 Å². The van der Waals surface area contributed by atoms with Gasteiger partial charge in [0.15, 0.2) is 0 Å². The van der Waals surface area contributed by atoms with Crippen molar-refractivity contribution in [3.8, 4) is 5.75 Å². The van der Waals surface area contributed by atoms with Crippen LogP contribution >= 0.6 is 0 Å². The Kier molecular flexibility index (Phi) is 4.69. The highest BCUT2D eigenvalue weighted by molar-refractivity contribution is 7.89. The summed E-state index contributed by atoms with van der Waals surface area (Å²) in [5.41, 5.74) is 0.343. The Morgan fingerprint density at radius 1 is 1.33 bits per heavy atom. The Bertz CT molecular complexity index is 624. The minimum absolute atomic E-state index is 0.138. The molecule has 7 nitrogen and oxygen atoms in total. The summed E-state index contributed by atoms with van der Waals surface area (Å²) >= 11 is 0. The van der Waals surface area contributed by atoms with Crippen molar-refractivity contribution in [2.24, 2.45) is 5.14 Å². The number of carbonyl (C=O) groups is 1. The molecule has 1 aromatic carbocycles. The third-order valence-corrected chi connectivity index (χ3v) is 4.35. The van der Waals surface area contributed by atoms with E-state index in [-0.39, 0.29) is 22.7 Å². The number of nitrogens with one attached hydrogen (secondary N) is 2. The van der Waals surface area contributed by atoms with Crippen molar-refractivity contribution in [2.75, 3.05) is 12.4 Å². The molecule has 1 aromatic rings. The maximum Gasteiger partial charge on any atom is 0.319 e. The zero-order valence-electron chi connectivity index (χ0n) is 11.8. The molecule has 1 saturated carbocycles. The fourth-order valence-corrected chi connectivity index (χ4v) is 3.12. The smallest absolute Gasteiger partial charge is 0.319 e. The molecule has 1 aliphatic rings. The van der Waals surface area contributed by atoms with Crippen molar-refractivity contribution in [1.29, 1.82) is 0 Å². The van der Waals surface area contributed by atoms with Gasteiger partial charge in [0.1, 0.15) is 10.6 Å². The zero-order valence-corrected chi connectivity index (χ0v) is 12.6. The lowest BCUT2D eigenvalue weighted by Crippen LogP contribution is -2.36. The number of benzene rings is 1. The maximum absolute atomic E-state index is 11.8. The minimum Gasteiger partial charge on any atom is -0.495 e. The van der Waals surface area contributed by atoms with Crippen LogP contribution in [0.5, 0.6) is 5.75 Å². The highest BCUT2D eigenvalue weighted by atomic mass is 32.2. The van der Waals surface area contributed by atoms with Crippen LogP contribution in [-0.4, -0.2) is 27.6 Å². The van der Waals surface area contributed by atoms with Gasteiger partial charge in [-0.05, 0) is 31.0 Å². The molecule has 2 rings (SSSR count). The van der Waals surface area contributed by atoms with E-state index >= 15 is 0 Å². The van der Waals surface area contributed by atoms with Gasteiger partial charge in [0.2, 0.25) is 10.0 Å². The van der Waals surface area contributed by atoms with E-state index in [1.807, 2.05) is 0 Å². The second kappa shape index (κ2) is 6.31. The molecule has 0 heterocycles. The molecule has 0 radical (unpaired) electrons. The van der Waals surface area contributed by atoms with Gasteiger partial charge in [-0.15, -0.1) is 0 Å². The number of rotatable bonds is 4. The van der Waals surface area contributed by atoms with Crippen LogP contribution in [-0.2, 0) is 10.0 Å². The van der Waals surface area contributed by atoms with Gasteiger partial charge in [-0.3, -0.25) is 0 Å². The van der Waals surface area contributed by atoms with E-state index in [4.69, 9.17) is 9.88 Å². The van der Waals surface area contributed by atoms with Gasteiger partial charge in [0.05, 0.1) is 7.11 Å². The summed E-state index contributed by atoms with van der Waals surface area (Å²) in [5.74, 6) is 0.138. The molecule has 0 bridgehead atoms. The van der Waals surface area contributed by atoms with Gasteiger partial charge in [-0.1, -0.05) is 12.8 Å². The first-order valence-corrected chi connectivity index (χ1v) is 8.23. The van der Waals surface area contributed by atoms with Crippen molar-refractivity contribution in [1.82, 2.24) is 5.32 Å². The second-order valence-corrected chi connectivity index (χ2v) is 6.52. The van der Waals surface area contributed by atoms with Crippen LogP contribution in [0.1, 0.15) is 25.7 Å². The molecule has 116 valence electrons. The molecule has 8 heteroatoms. The van der Waals surface area contributed by atoms with E-state index in [0.29, 0.717) is 5.69 Å². The summed E-state index contributed by atoms with van der Waals surface area (Å²) < 4.78 is 27.9. The first-order chi connectivity index (χ1) is 9.90. The van der Waals surface area contributed by atoms with Crippen LogP contribution < -0.4 is 20.5 Å². The monoisotopic (exact) mass is 313 g/mol. The Balaban J connectivity index is 2.11. The number of ether oxygens (including phenoxy) is 1. The van der Waals surface area contributed by atoms with Gasteiger partial charge >= 0.3 is 6.03 Å². The molecule has 1 fully saturated rings. The average Bonchev–Trinajstić information content (AvgIpc) is 2.90. The van der Waals surface area contributed by atoms with Gasteiger partial charge in [-0.2, -0.15) is 0 Å². The summed E-state index contributed by atoms with van der Waals surface area (Å²) in [7, 11) is -2.57. The summed E-state index contributed by atoms with van der Waals surface area (Å²) in [6, 6.07) is 4.11. The average molecular weight is 313 g/mol. The SMILES string of the molecule is COc1ccc(NC(=O)NC2CCCC2)cc1S(N)(=O)=O. The number of nitrogens with two attached hydrogens (primary N) is 1. The van der Waals surface area contributed by atoms with Gasteiger partial charge in [0.25, 0.3) is 0 Å². The Morgan fingerprint density at radius 3 is 2.57 bits per heavy atom. The molecule has 0 atom stereocenters. The Hall–Kier alpha value is -1.80. The molecule has 4 N–H and O–H groups in total. The number of primary sulfonamides is 1. The number of amides is 2. The van der Waals surface area contributed by atoms with Crippen LogP contribution in [0.25, 0.3) is 0 Å².